The fourth-order valence-electron chi connectivity index (χ4n) is 3.71. The molecule has 0 spiro atoms. The highest BCUT2D eigenvalue weighted by Crippen LogP contribution is 2.26. The van der Waals surface area contributed by atoms with Gasteiger partial charge in [0.2, 0.25) is 0 Å². The first kappa shape index (κ1) is 24.5. The van der Waals surface area contributed by atoms with Crippen molar-refractivity contribution in [1.82, 2.24) is 5.32 Å². The molecule has 0 fully saturated rings. The number of carbonyl (C=O) groups is 1. The van der Waals surface area contributed by atoms with Gasteiger partial charge in [0.05, 0.1) is 7.11 Å². The maximum atomic E-state index is 14.5. The number of carbonyl (C=O) groups excluding carboxylic acids is 1. The molecule has 0 saturated heterocycles. The minimum atomic E-state index is -0.277. The van der Waals surface area contributed by atoms with E-state index in [1.54, 1.807) is 6.07 Å². The molecule has 0 aromatic heterocycles. The van der Waals surface area contributed by atoms with Crippen molar-refractivity contribution in [2.45, 2.75) is 45.8 Å². The second-order valence-electron chi connectivity index (χ2n) is 8.06. The summed E-state index contributed by atoms with van der Waals surface area (Å²) in [4.78, 5) is 11.1. The molecule has 3 rings (SSSR count). The monoisotopic (exact) mass is 449 g/mol. The van der Waals surface area contributed by atoms with Crippen LogP contribution in [-0.4, -0.2) is 19.6 Å². The Morgan fingerprint density at radius 3 is 2.52 bits per heavy atom. The normalized spacial score (nSPS) is 10.8. The number of ether oxygens (including phenoxy) is 2. The highest BCUT2D eigenvalue weighted by molar-refractivity contribution is 5.69. The molecule has 0 amide bonds. The van der Waals surface area contributed by atoms with E-state index in [1.165, 1.54) is 24.3 Å². The van der Waals surface area contributed by atoms with Gasteiger partial charge in [0.25, 0.3) is 0 Å². The third kappa shape index (κ3) is 7.43. The number of esters is 1. The Labute approximate surface area is 195 Å². The van der Waals surface area contributed by atoms with Gasteiger partial charge in [-0.3, -0.25) is 4.79 Å². The topological polar surface area (TPSA) is 47.6 Å². The van der Waals surface area contributed by atoms with Gasteiger partial charge in [-0.05, 0) is 54.6 Å². The lowest BCUT2D eigenvalue weighted by atomic mass is 9.97. The van der Waals surface area contributed by atoms with Crippen LogP contribution in [-0.2, 0) is 22.7 Å². The fourth-order valence-corrected chi connectivity index (χ4v) is 3.71. The van der Waals surface area contributed by atoms with Gasteiger partial charge in [0.15, 0.2) is 0 Å². The number of benzene rings is 3. The van der Waals surface area contributed by atoms with Crippen molar-refractivity contribution in [3.63, 3.8) is 0 Å². The molecule has 5 heteroatoms. The molecular weight excluding hydrogens is 417 g/mol. The van der Waals surface area contributed by atoms with Crippen LogP contribution in [0.3, 0.4) is 0 Å². The summed E-state index contributed by atoms with van der Waals surface area (Å²) >= 11 is 0. The molecule has 1 N–H and O–H groups in total. The second-order valence-corrected chi connectivity index (χ2v) is 8.06. The average Bonchev–Trinajstić information content (AvgIpc) is 2.84. The highest BCUT2D eigenvalue weighted by Gasteiger charge is 2.09. The molecule has 3 aromatic rings. The number of rotatable bonds is 12. The Balaban J connectivity index is 1.47. The van der Waals surface area contributed by atoms with E-state index in [2.05, 4.69) is 35.2 Å². The lowest BCUT2D eigenvalue weighted by Gasteiger charge is -2.13. The van der Waals surface area contributed by atoms with E-state index in [0.717, 1.165) is 36.9 Å². The van der Waals surface area contributed by atoms with Crippen molar-refractivity contribution < 1.29 is 18.7 Å². The first-order valence-corrected chi connectivity index (χ1v) is 11.4. The van der Waals surface area contributed by atoms with Gasteiger partial charge >= 0.3 is 5.97 Å². The number of unbranched alkanes of at least 4 members (excludes halogenated alkanes) is 2. The van der Waals surface area contributed by atoms with Crippen molar-refractivity contribution in [1.29, 1.82) is 0 Å². The van der Waals surface area contributed by atoms with E-state index in [0.29, 0.717) is 30.9 Å². The SMILES string of the molecule is COC(=O)CCCCCNCc1ccc(OCc2cccc(-c3ccccc3)c2C)cc1F. The Bertz CT molecular complexity index is 1040. The third-order valence-corrected chi connectivity index (χ3v) is 5.73. The number of halogens is 1. The lowest BCUT2D eigenvalue weighted by molar-refractivity contribution is -0.140. The molecule has 174 valence electrons. The van der Waals surface area contributed by atoms with Gasteiger partial charge in [-0.1, -0.05) is 61.0 Å². The summed E-state index contributed by atoms with van der Waals surface area (Å²) < 4.78 is 25.1. The molecule has 0 aliphatic carbocycles. The maximum absolute atomic E-state index is 14.5. The Morgan fingerprint density at radius 1 is 0.939 bits per heavy atom. The molecule has 33 heavy (non-hydrogen) atoms. The van der Waals surface area contributed by atoms with Crippen LogP contribution in [0.4, 0.5) is 4.39 Å². The van der Waals surface area contributed by atoms with Crippen molar-refractivity contribution >= 4 is 5.97 Å². The first-order valence-electron chi connectivity index (χ1n) is 11.4. The van der Waals surface area contributed by atoms with Gasteiger partial charge in [0.1, 0.15) is 18.2 Å². The van der Waals surface area contributed by atoms with Crippen LogP contribution in [0.5, 0.6) is 5.75 Å². The molecule has 4 nitrogen and oxygen atoms in total. The van der Waals surface area contributed by atoms with E-state index < -0.39 is 0 Å². The van der Waals surface area contributed by atoms with Crippen LogP contribution in [0, 0.1) is 12.7 Å². The van der Waals surface area contributed by atoms with Crippen LogP contribution >= 0.6 is 0 Å². The molecule has 0 aliphatic heterocycles. The predicted octanol–water partition coefficient (Wildman–Crippen LogP) is 6.20. The van der Waals surface area contributed by atoms with Gasteiger partial charge in [-0.25, -0.2) is 4.39 Å². The summed E-state index contributed by atoms with van der Waals surface area (Å²) in [6.07, 6.45) is 3.12. The quantitative estimate of drug-likeness (QED) is 0.264. The number of nitrogens with one attached hydrogen (secondary N) is 1. The largest absolute Gasteiger partial charge is 0.489 e. The standard InChI is InChI=1S/C28H32FNO3/c1-21-24(12-9-13-26(21)22-10-5-3-6-11-22)20-33-25-16-15-23(27(29)18-25)19-30-17-8-4-7-14-28(31)32-2/h3,5-6,9-13,15-16,18,30H,4,7-8,14,17,19-20H2,1-2H3. The van der Waals surface area contributed by atoms with Crippen LogP contribution in [0.1, 0.15) is 42.4 Å². The third-order valence-electron chi connectivity index (χ3n) is 5.73. The number of hydrogen-bond acceptors (Lipinski definition) is 4. The molecule has 0 radical (unpaired) electrons. The average molecular weight is 450 g/mol. The fraction of sp³-hybridized carbons (Fsp3) is 0.321. The van der Waals surface area contributed by atoms with Gasteiger partial charge in [0, 0.05) is 24.6 Å². The summed E-state index contributed by atoms with van der Waals surface area (Å²) in [5.41, 5.74) is 5.20. The summed E-state index contributed by atoms with van der Waals surface area (Å²) in [6.45, 7) is 3.71. The molecule has 0 aliphatic rings. The van der Waals surface area contributed by atoms with Crippen LogP contribution < -0.4 is 10.1 Å². The van der Waals surface area contributed by atoms with E-state index in [-0.39, 0.29) is 11.8 Å². The summed E-state index contributed by atoms with van der Waals surface area (Å²) in [7, 11) is 1.40. The molecule has 0 bridgehead atoms. The van der Waals surface area contributed by atoms with Crippen LogP contribution in [0.15, 0.2) is 66.7 Å². The molecular formula is C28H32FNO3. The summed E-state index contributed by atoms with van der Waals surface area (Å²) in [5.74, 6) is 0.0652. The summed E-state index contributed by atoms with van der Waals surface area (Å²) in [5, 5.41) is 3.25. The smallest absolute Gasteiger partial charge is 0.305 e. The molecule has 0 unspecified atom stereocenters. The maximum Gasteiger partial charge on any atom is 0.305 e. The van der Waals surface area contributed by atoms with E-state index in [4.69, 9.17) is 4.74 Å². The van der Waals surface area contributed by atoms with Gasteiger partial charge in [-0.2, -0.15) is 0 Å². The minimum absolute atomic E-state index is 0.175. The number of hydrogen-bond donors (Lipinski definition) is 1. The molecule has 0 heterocycles. The van der Waals surface area contributed by atoms with E-state index in [1.807, 2.05) is 36.4 Å². The summed E-state index contributed by atoms with van der Waals surface area (Å²) in [6, 6.07) is 21.5. The minimum Gasteiger partial charge on any atom is -0.489 e. The molecule has 0 atom stereocenters. The Morgan fingerprint density at radius 2 is 1.76 bits per heavy atom. The highest BCUT2D eigenvalue weighted by atomic mass is 19.1. The number of methoxy groups -OCH3 is 1. The van der Waals surface area contributed by atoms with E-state index in [9.17, 15) is 9.18 Å². The van der Waals surface area contributed by atoms with Crippen LogP contribution in [0.2, 0.25) is 0 Å². The van der Waals surface area contributed by atoms with E-state index >= 15 is 0 Å². The zero-order valence-corrected chi connectivity index (χ0v) is 19.4. The molecule has 0 saturated carbocycles. The molecule has 3 aromatic carbocycles. The van der Waals surface area contributed by atoms with Gasteiger partial charge < -0.3 is 14.8 Å². The van der Waals surface area contributed by atoms with Crippen molar-refractivity contribution in [3.05, 3.63) is 89.2 Å². The van der Waals surface area contributed by atoms with Crippen molar-refractivity contribution in [2.75, 3.05) is 13.7 Å². The van der Waals surface area contributed by atoms with Crippen molar-refractivity contribution in [3.8, 4) is 16.9 Å². The lowest BCUT2D eigenvalue weighted by Crippen LogP contribution is -2.15. The predicted molar refractivity (Wildman–Crippen MR) is 130 cm³/mol. The second kappa shape index (κ2) is 12.8. The van der Waals surface area contributed by atoms with Crippen LogP contribution in [0.25, 0.3) is 11.1 Å². The zero-order valence-electron chi connectivity index (χ0n) is 19.4. The Kier molecular flexibility index (Phi) is 9.45. The van der Waals surface area contributed by atoms with Crippen molar-refractivity contribution in [2.24, 2.45) is 0 Å². The zero-order chi connectivity index (χ0) is 23.5. The van der Waals surface area contributed by atoms with Gasteiger partial charge in [-0.15, -0.1) is 0 Å². The first-order chi connectivity index (χ1) is 16.1. The Hall–Kier alpha value is -3.18.